The van der Waals surface area contributed by atoms with Crippen molar-refractivity contribution in [3.8, 4) is 0 Å². The van der Waals surface area contributed by atoms with E-state index in [0.29, 0.717) is 17.8 Å². The van der Waals surface area contributed by atoms with Crippen molar-refractivity contribution in [2.45, 2.75) is 24.9 Å². The minimum atomic E-state index is 0.175. The molecule has 0 unspecified atom stereocenters. The lowest BCUT2D eigenvalue weighted by Crippen LogP contribution is -2.39. The van der Waals surface area contributed by atoms with Gasteiger partial charge >= 0.3 is 0 Å². The van der Waals surface area contributed by atoms with Gasteiger partial charge in [0.15, 0.2) is 0 Å². The van der Waals surface area contributed by atoms with Crippen LogP contribution in [0.3, 0.4) is 0 Å². The third kappa shape index (κ3) is 2.68. The van der Waals surface area contributed by atoms with Gasteiger partial charge in [-0.1, -0.05) is 84.9 Å². The fourth-order valence-corrected chi connectivity index (χ4v) is 5.12. The van der Waals surface area contributed by atoms with Gasteiger partial charge in [0, 0.05) is 18.4 Å². The summed E-state index contributed by atoms with van der Waals surface area (Å²) in [5, 5.41) is 0. The first kappa shape index (κ1) is 15.8. The maximum atomic E-state index is 6.40. The van der Waals surface area contributed by atoms with Crippen LogP contribution < -0.4 is 0 Å². The molecule has 26 heavy (non-hydrogen) atoms. The second-order valence-corrected chi connectivity index (χ2v) is 7.62. The molecule has 3 aromatic rings. The first-order chi connectivity index (χ1) is 12.9. The van der Waals surface area contributed by atoms with E-state index < -0.39 is 0 Å². The molecule has 0 radical (unpaired) electrons. The van der Waals surface area contributed by atoms with Gasteiger partial charge in [-0.3, -0.25) is 0 Å². The topological polar surface area (TPSA) is 9.23 Å². The van der Waals surface area contributed by atoms with E-state index in [0.717, 1.165) is 13.0 Å². The zero-order valence-corrected chi connectivity index (χ0v) is 14.9. The van der Waals surface area contributed by atoms with Gasteiger partial charge in [-0.25, -0.2) is 0 Å². The van der Waals surface area contributed by atoms with Crippen molar-refractivity contribution in [1.82, 2.24) is 0 Å². The van der Waals surface area contributed by atoms with Gasteiger partial charge in [0.2, 0.25) is 0 Å². The van der Waals surface area contributed by atoms with Gasteiger partial charge in [0.05, 0.1) is 6.10 Å². The second kappa shape index (κ2) is 6.74. The summed E-state index contributed by atoms with van der Waals surface area (Å²) in [4.78, 5) is 0. The van der Waals surface area contributed by atoms with E-state index in [4.69, 9.17) is 4.74 Å². The Morgan fingerprint density at radius 3 is 2.12 bits per heavy atom. The van der Waals surface area contributed by atoms with Crippen LogP contribution in [0.15, 0.2) is 84.9 Å². The highest BCUT2D eigenvalue weighted by atomic mass is 16.5. The molecule has 0 N–H and O–H groups in total. The molecule has 130 valence electrons. The monoisotopic (exact) mass is 340 g/mol. The SMILES string of the molecule is c1ccc([C@H]2c3ccccc3C[C@H]3CCO[C@@H](c4ccccc4)[C@@H]32)cc1. The predicted molar refractivity (Wildman–Crippen MR) is 105 cm³/mol. The van der Waals surface area contributed by atoms with Crippen LogP contribution in [0.1, 0.15) is 40.7 Å². The van der Waals surface area contributed by atoms with Gasteiger partial charge in [-0.05, 0) is 41.0 Å². The molecule has 0 bridgehead atoms. The highest BCUT2D eigenvalue weighted by Gasteiger charge is 2.44. The molecule has 0 aromatic heterocycles. The average Bonchev–Trinajstić information content (AvgIpc) is 2.73. The summed E-state index contributed by atoms with van der Waals surface area (Å²) in [5.41, 5.74) is 5.76. The molecular formula is C25H24O. The molecular weight excluding hydrogens is 316 g/mol. The minimum absolute atomic E-state index is 0.175. The number of rotatable bonds is 2. The van der Waals surface area contributed by atoms with Crippen molar-refractivity contribution in [3.63, 3.8) is 0 Å². The summed E-state index contributed by atoms with van der Waals surface area (Å²) in [6.45, 7) is 0.865. The Morgan fingerprint density at radius 1 is 0.692 bits per heavy atom. The van der Waals surface area contributed by atoms with Crippen molar-refractivity contribution in [2.75, 3.05) is 6.61 Å². The molecule has 1 heterocycles. The number of benzene rings is 3. The van der Waals surface area contributed by atoms with Gasteiger partial charge in [0.25, 0.3) is 0 Å². The van der Waals surface area contributed by atoms with Crippen molar-refractivity contribution in [1.29, 1.82) is 0 Å². The number of fused-ring (bicyclic) bond motifs is 2. The van der Waals surface area contributed by atoms with Gasteiger partial charge < -0.3 is 4.74 Å². The molecule has 1 fully saturated rings. The molecule has 1 nitrogen and oxygen atoms in total. The smallest absolute Gasteiger partial charge is 0.0864 e. The first-order valence-electron chi connectivity index (χ1n) is 9.71. The lowest BCUT2D eigenvalue weighted by molar-refractivity contribution is -0.0685. The summed E-state index contributed by atoms with van der Waals surface area (Å²) in [6, 6.07) is 30.9. The molecule has 1 aliphatic carbocycles. The fraction of sp³-hybridized carbons (Fsp3) is 0.280. The Kier molecular flexibility index (Phi) is 4.10. The minimum Gasteiger partial charge on any atom is -0.373 e. The second-order valence-electron chi connectivity index (χ2n) is 7.62. The summed E-state index contributed by atoms with van der Waals surface area (Å²) < 4.78 is 6.40. The maximum absolute atomic E-state index is 6.40. The number of ether oxygens (including phenoxy) is 1. The van der Waals surface area contributed by atoms with Crippen molar-refractivity contribution in [3.05, 3.63) is 107 Å². The van der Waals surface area contributed by atoms with Crippen LogP contribution in [0.2, 0.25) is 0 Å². The van der Waals surface area contributed by atoms with E-state index in [2.05, 4.69) is 84.9 Å². The molecule has 1 aliphatic heterocycles. The lowest BCUT2D eigenvalue weighted by atomic mass is 9.62. The molecule has 0 amide bonds. The fourth-order valence-electron chi connectivity index (χ4n) is 5.12. The quantitative estimate of drug-likeness (QED) is 0.575. The van der Waals surface area contributed by atoms with Crippen LogP contribution in [0.5, 0.6) is 0 Å². The maximum Gasteiger partial charge on any atom is 0.0864 e. The third-order valence-corrected chi connectivity index (χ3v) is 6.22. The molecule has 1 saturated heterocycles. The first-order valence-corrected chi connectivity index (χ1v) is 9.71. The highest BCUT2D eigenvalue weighted by Crippen LogP contribution is 2.52. The summed E-state index contributed by atoms with van der Waals surface area (Å²) in [7, 11) is 0. The van der Waals surface area contributed by atoms with E-state index in [-0.39, 0.29) is 6.10 Å². The summed E-state index contributed by atoms with van der Waals surface area (Å²) >= 11 is 0. The average molecular weight is 340 g/mol. The molecule has 1 heteroatoms. The largest absolute Gasteiger partial charge is 0.373 e. The highest BCUT2D eigenvalue weighted by molar-refractivity contribution is 5.43. The molecule has 2 aliphatic rings. The number of hydrogen-bond acceptors (Lipinski definition) is 1. The normalized spacial score (nSPS) is 27.4. The van der Waals surface area contributed by atoms with Gasteiger partial charge in [-0.2, -0.15) is 0 Å². The lowest BCUT2D eigenvalue weighted by Gasteiger charge is -2.47. The van der Waals surface area contributed by atoms with Crippen LogP contribution in [-0.2, 0) is 11.2 Å². The Morgan fingerprint density at radius 2 is 1.35 bits per heavy atom. The van der Waals surface area contributed by atoms with Crippen molar-refractivity contribution >= 4 is 0 Å². The van der Waals surface area contributed by atoms with Crippen LogP contribution in [0, 0.1) is 11.8 Å². The standard InChI is InChI=1S/C25H24O/c1-3-9-18(10-4-1)23-22-14-8-7-13-20(22)17-21-15-16-26-25(24(21)23)19-11-5-2-6-12-19/h1-14,21,23-25H,15-17H2/t21-,23+,24+,25+/m1/s1. The van der Waals surface area contributed by atoms with Gasteiger partial charge in [0.1, 0.15) is 0 Å². The van der Waals surface area contributed by atoms with E-state index in [9.17, 15) is 0 Å². The third-order valence-electron chi connectivity index (χ3n) is 6.22. The van der Waals surface area contributed by atoms with Crippen LogP contribution >= 0.6 is 0 Å². The Labute approximate surface area is 155 Å². The van der Waals surface area contributed by atoms with E-state index >= 15 is 0 Å². The van der Waals surface area contributed by atoms with E-state index in [1.54, 1.807) is 0 Å². The molecule has 3 aromatic carbocycles. The van der Waals surface area contributed by atoms with Crippen molar-refractivity contribution < 1.29 is 4.74 Å². The zero-order valence-electron chi connectivity index (χ0n) is 14.9. The summed E-state index contributed by atoms with van der Waals surface area (Å²) in [6.07, 6.45) is 2.51. The van der Waals surface area contributed by atoms with Crippen molar-refractivity contribution in [2.24, 2.45) is 11.8 Å². The van der Waals surface area contributed by atoms with Gasteiger partial charge in [-0.15, -0.1) is 0 Å². The molecule has 0 spiro atoms. The number of hydrogen-bond donors (Lipinski definition) is 0. The van der Waals surface area contributed by atoms with E-state index in [1.807, 2.05) is 0 Å². The van der Waals surface area contributed by atoms with Crippen LogP contribution in [0.25, 0.3) is 0 Å². The Hall–Kier alpha value is -2.38. The molecule has 0 saturated carbocycles. The van der Waals surface area contributed by atoms with E-state index in [1.165, 1.54) is 28.7 Å². The summed E-state index contributed by atoms with van der Waals surface area (Å²) in [5.74, 6) is 1.56. The van der Waals surface area contributed by atoms with Crippen LogP contribution in [-0.4, -0.2) is 6.61 Å². The molecule has 5 rings (SSSR count). The molecule has 4 atom stereocenters. The predicted octanol–water partition coefficient (Wildman–Crippen LogP) is 5.77. The Balaban J connectivity index is 1.66. The zero-order chi connectivity index (χ0) is 17.3. The Bertz CT molecular complexity index is 871. The van der Waals surface area contributed by atoms with Crippen LogP contribution in [0.4, 0.5) is 0 Å².